The van der Waals surface area contributed by atoms with Crippen molar-refractivity contribution in [1.82, 2.24) is 9.71 Å². The molecule has 1 aromatic carbocycles. The first-order valence-corrected chi connectivity index (χ1v) is 9.96. The van der Waals surface area contributed by atoms with Crippen molar-refractivity contribution in [1.29, 1.82) is 0 Å². The lowest BCUT2D eigenvalue weighted by atomic mass is 10.1. The maximum Gasteiger partial charge on any atom is 0.250 e. The predicted octanol–water partition coefficient (Wildman–Crippen LogP) is 3.62. The standard InChI is InChI=1S/C17H20N2O2S2/c1-3-13-8-9-17(22-13)23(20,21)18-11-10-14-12(2)19-16-7-5-4-6-15(14)16/h4-9,18-19H,3,10-11H2,1-2H3. The molecule has 3 aromatic rings. The molecule has 2 heterocycles. The lowest BCUT2D eigenvalue weighted by molar-refractivity contribution is 0.584. The third-order valence-corrected chi connectivity index (χ3v) is 7.13. The Labute approximate surface area is 140 Å². The van der Waals surface area contributed by atoms with Crippen molar-refractivity contribution >= 4 is 32.3 Å². The summed E-state index contributed by atoms with van der Waals surface area (Å²) in [7, 11) is -3.41. The quantitative estimate of drug-likeness (QED) is 0.715. The number of fused-ring (bicyclic) bond motifs is 1. The van der Waals surface area contributed by atoms with Crippen LogP contribution in [0.3, 0.4) is 0 Å². The molecule has 23 heavy (non-hydrogen) atoms. The highest BCUT2D eigenvalue weighted by Gasteiger charge is 2.16. The van der Waals surface area contributed by atoms with Crippen molar-refractivity contribution in [2.45, 2.75) is 30.9 Å². The van der Waals surface area contributed by atoms with Crippen molar-refractivity contribution in [3.05, 3.63) is 52.5 Å². The van der Waals surface area contributed by atoms with E-state index < -0.39 is 10.0 Å². The van der Waals surface area contributed by atoms with Crippen molar-refractivity contribution in [3.63, 3.8) is 0 Å². The Kier molecular flexibility index (Phi) is 4.57. The van der Waals surface area contributed by atoms with E-state index in [9.17, 15) is 8.42 Å². The minimum absolute atomic E-state index is 0.393. The van der Waals surface area contributed by atoms with Gasteiger partial charge in [0.2, 0.25) is 10.0 Å². The number of nitrogens with one attached hydrogen (secondary N) is 2. The van der Waals surface area contributed by atoms with Gasteiger partial charge >= 0.3 is 0 Å². The van der Waals surface area contributed by atoms with E-state index in [2.05, 4.69) is 15.8 Å². The molecule has 4 nitrogen and oxygen atoms in total. The number of thiophene rings is 1. The molecular formula is C17H20N2O2S2. The highest BCUT2D eigenvalue weighted by atomic mass is 32.2. The molecule has 0 radical (unpaired) electrons. The van der Waals surface area contributed by atoms with Crippen molar-refractivity contribution in [2.24, 2.45) is 0 Å². The van der Waals surface area contributed by atoms with Gasteiger partial charge in [0.15, 0.2) is 0 Å². The minimum Gasteiger partial charge on any atom is -0.358 e. The van der Waals surface area contributed by atoms with Crippen LogP contribution in [0.15, 0.2) is 40.6 Å². The Hall–Kier alpha value is -1.63. The van der Waals surface area contributed by atoms with E-state index in [0.717, 1.165) is 27.9 Å². The van der Waals surface area contributed by atoms with E-state index in [1.165, 1.54) is 16.9 Å². The second-order valence-corrected chi connectivity index (χ2v) is 8.66. The number of hydrogen-bond donors (Lipinski definition) is 2. The fourth-order valence-corrected chi connectivity index (χ4v) is 5.10. The fraction of sp³-hybridized carbons (Fsp3) is 0.294. The van der Waals surface area contributed by atoms with Gasteiger partial charge in [0.05, 0.1) is 0 Å². The molecule has 0 atom stereocenters. The lowest BCUT2D eigenvalue weighted by Crippen LogP contribution is -2.25. The molecule has 0 bridgehead atoms. The van der Waals surface area contributed by atoms with E-state index in [0.29, 0.717) is 17.2 Å². The third kappa shape index (κ3) is 3.34. The summed E-state index contributed by atoms with van der Waals surface area (Å²) in [5.41, 5.74) is 3.35. The SMILES string of the molecule is CCc1ccc(S(=O)(=O)NCCc2c(C)[nH]c3ccccc23)s1. The summed E-state index contributed by atoms with van der Waals surface area (Å²) in [4.78, 5) is 4.42. The summed E-state index contributed by atoms with van der Waals surface area (Å²) in [5, 5.41) is 1.16. The number of rotatable bonds is 6. The monoisotopic (exact) mass is 348 g/mol. The van der Waals surface area contributed by atoms with Gasteiger partial charge in [-0.3, -0.25) is 0 Å². The minimum atomic E-state index is -3.41. The molecule has 2 aromatic heterocycles. The highest BCUT2D eigenvalue weighted by Crippen LogP contribution is 2.23. The van der Waals surface area contributed by atoms with E-state index in [-0.39, 0.29) is 0 Å². The second kappa shape index (κ2) is 6.47. The van der Waals surface area contributed by atoms with E-state index >= 15 is 0 Å². The van der Waals surface area contributed by atoms with Gasteiger partial charge in [-0.05, 0) is 43.5 Å². The molecule has 3 rings (SSSR count). The molecular weight excluding hydrogens is 328 g/mol. The third-order valence-electron chi connectivity index (χ3n) is 3.94. The van der Waals surface area contributed by atoms with Gasteiger partial charge in [0.25, 0.3) is 0 Å². The molecule has 0 fully saturated rings. The highest BCUT2D eigenvalue weighted by molar-refractivity contribution is 7.91. The number of para-hydroxylation sites is 1. The molecule has 0 aliphatic rings. The summed E-state index contributed by atoms with van der Waals surface area (Å²) >= 11 is 1.34. The Bertz CT molecular complexity index is 923. The number of aromatic nitrogens is 1. The molecule has 0 aliphatic carbocycles. The van der Waals surface area contributed by atoms with Crippen LogP contribution in [0.25, 0.3) is 10.9 Å². The summed E-state index contributed by atoms with van der Waals surface area (Å²) in [5.74, 6) is 0. The van der Waals surface area contributed by atoms with Crippen LogP contribution in [-0.4, -0.2) is 19.9 Å². The van der Waals surface area contributed by atoms with Gasteiger partial charge < -0.3 is 4.98 Å². The molecule has 0 unspecified atom stereocenters. The zero-order valence-corrected chi connectivity index (χ0v) is 14.9. The average molecular weight is 348 g/mol. The zero-order valence-electron chi connectivity index (χ0n) is 13.2. The molecule has 0 amide bonds. The van der Waals surface area contributed by atoms with Crippen molar-refractivity contribution < 1.29 is 8.42 Å². The smallest absolute Gasteiger partial charge is 0.250 e. The average Bonchev–Trinajstić information content (AvgIpc) is 3.13. The van der Waals surface area contributed by atoms with Crippen molar-refractivity contribution in [3.8, 4) is 0 Å². The molecule has 2 N–H and O–H groups in total. The van der Waals surface area contributed by atoms with E-state index in [4.69, 9.17) is 0 Å². The summed E-state index contributed by atoms with van der Waals surface area (Å²) < 4.78 is 27.8. The maximum atomic E-state index is 12.3. The first-order chi connectivity index (χ1) is 11.0. The predicted molar refractivity (Wildman–Crippen MR) is 95.6 cm³/mol. The Balaban J connectivity index is 1.72. The molecule has 0 aliphatic heterocycles. The number of sulfonamides is 1. The van der Waals surface area contributed by atoms with Gasteiger partial charge in [0.1, 0.15) is 4.21 Å². The number of benzene rings is 1. The molecule has 6 heteroatoms. The van der Waals surface area contributed by atoms with Crippen LogP contribution in [0.1, 0.15) is 23.1 Å². The van der Waals surface area contributed by atoms with Crippen LogP contribution in [0.4, 0.5) is 0 Å². The largest absolute Gasteiger partial charge is 0.358 e. The van der Waals surface area contributed by atoms with E-state index in [1.807, 2.05) is 38.1 Å². The molecule has 0 saturated heterocycles. The summed E-state index contributed by atoms with van der Waals surface area (Å²) in [6.07, 6.45) is 1.52. The van der Waals surface area contributed by atoms with Gasteiger partial charge in [-0.25, -0.2) is 13.1 Å². The fourth-order valence-electron chi connectivity index (χ4n) is 2.73. The number of hydrogen-bond acceptors (Lipinski definition) is 3. The van der Waals surface area contributed by atoms with E-state index in [1.54, 1.807) is 6.07 Å². The van der Waals surface area contributed by atoms with Gasteiger partial charge in [-0.1, -0.05) is 25.1 Å². The van der Waals surface area contributed by atoms with Crippen LogP contribution in [0.2, 0.25) is 0 Å². The molecule has 122 valence electrons. The number of aryl methyl sites for hydroxylation is 2. The number of H-pyrrole nitrogens is 1. The topological polar surface area (TPSA) is 62.0 Å². The second-order valence-electron chi connectivity index (χ2n) is 5.50. The Morgan fingerprint density at radius 2 is 1.96 bits per heavy atom. The zero-order chi connectivity index (χ0) is 16.4. The molecule has 0 spiro atoms. The summed E-state index contributed by atoms with van der Waals surface area (Å²) in [6.45, 7) is 4.44. The van der Waals surface area contributed by atoms with Crippen LogP contribution >= 0.6 is 11.3 Å². The van der Waals surface area contributed by atoms with Crippen LogP contribution in [0.5, 0.6) is 0 Å². The lowest BCUT2D eigenvalue weighted by Gasteiger charge is -2.05. The van der Waals surface area contributed by atoms with Crippen LogP contribution in [0, 0.1) is 6.92 Å². The van der Waals surface area contributed by atoms with Crippen LogP contribution < -0.4 is 4.72 Å². The Morgan fingerprint density at radius 3 is 2.70 bits per heavy atom. The maximum absolute atomic E-state index is 12.3. The van der Waals surface area contributed by atoms with Crippen LogP contribution in [-0.2, 0) is 22.9 Å². The Morgan fingerprint density at radius 1 is 1.17 bits per heavy atom. The summed E-state index contributed by atoms with van der Waals surface area (Å²) in [6, 6.07) is 11.7. The number of aromatic amines is 1. The normalized spacial score (nSPS) is 12.1. The first kappa shape index (κ1) is 16.2. The van der Waals surface area contributed by atoms with Crippen molar-refractivity contribution in [2.75, 3.05) is 6.54 Å². The van der Waals surface area contributed by atoms with Gasteiger partial charge in [-0.2, -0.15) is 0 Å². The van der Waals surface area contributed by atoms with Gasteiger partial charge in [-0.15, -0.1) is 11.3 Å². The molecule has 0 saturated carbocycles. The van der Waals surface area contributed by atoms with Gasteiger partial charge in [0, 0.05) is 28.0 Å². The first-order valence-electron chi connectivity index (χ1n) is 7.66.